The Bertz CT molecular complexity index is 510. The summed E-state index contributed by atoms with van der Waals surface area (Å²) in [5, 5.41) is 9.40. The van der Waals surface area contributed by atoms with Crippen molar-refractivity contribution in [2.75, 3.05) is 5.43 Å². The lowest BCUT2D eigenvalue weighted by Crippen LogP contribution is -2.07. The molecule has 2 aromatic rings. The van der Waals surface area contributed by atoms with Crippen LogP contribution >= 0.6 is 11.3 Å². The van der Waals surface area contributed by atoms with Crippen LogP contribution in [0.1, 0.15) is 10.5 Å². The van der Waals surface area contributed by atoms with Crippen molar-refractivity contribution in [1.82, 2.24) is 4.98 Å². The Labute approximate surface area is 95.5 Å². The summed E-state index contributed by atoms with van der Waals surface area (Å²) in [6.45, 7) is 0. The zero-order valence-electron chi connectivity index (χ0n) is 8.18. The van der Waals surface area contributed by atoms with Crippen LogP contribution in [0.4, 0.5) is 5.13 Å². The number of hydrogen-bond acceptors (Lipinski definition) is 5. The molecule has 0 spiro atoms. The van der Waals surface area contributed by atoms with E-state index in [1.54, 1.807) is 0 Å². The highest BCUT2D eigenvalue weighted by Gasteiger charge is 2.18. The number of carboxylic acid groups (broad SMARTS) is 1. The van der Waals surface area contributed by atoms with Crippen molar-refractivity contribution < 1.29 is 9.90 Å². The maximum atomic E-state index is 11.0. The molecule has 1 aromatic heterocycles. The van der Waals surface area contributed by atoms with Crippen molar-refractivity contribution in [3.63, 3.8) is 0 Å². The minimum absolute atomic E-state index is 0.0177. The maximum absolute atomic E-state index is 11.0. The van der Waals surface area contributed by atoms with Gasteiger partial charge in [0.05, 0.1) is 4.88 Å². The Hall–Kier alpha value is -1.92. The van der Waals surface area contributed by atoms with Gasteiger partial charge in [0.25, 0.3) is 0 Å². The molecule has 2 rings (SSSR count). The fourth-order valence-corrected chi connectivity index (χ4v) is 2.18. The molecule has 1 aromatic carbocycles. The molecule has 0 bridgehead atoms. The second kappa shape index (κ2) is 4.30. The van der Waals surface area contributed by atoms with Crippen molar-refractivity contribution in [2.24, 2.45) is 5.84 Å². The number of aromatic carboxylic acids is 1. The Morgan fingerprint density at radius 2 is 2.06 bits per heavy atom. The summed E-state index contributed by atoms with van der Waals surface area (Å²) in [5.41, 5.74) is 3.19. The third-order valence-corrected chi connectivity index (χ3v) is 3.02. The molecule has 0 saturated carbocycles. The van der Waals surface area contributed by atoms with Gasteiger partial charge < -0.3 is 5.11 Å². The highest BCUT2D eigenvalue weighted by molar-refractivity contribution is 7.19. The molecule has 0 unspecified atom stereocenters. The zero-order valence-corrected chi connectivity index (χ0v) is 8.99. The van der Waals surface area contributed by atoms with E-state index < -0.39 is 5.97 Å². The van der Waals surface area contributed by atoms with Crippen molar-refractivity contribution in [3.8, 4) is 10.4 Å². The number of aromatic nitrogens is 1. The van der Waals surface area contributed by atoms with Crippen molar-refractivity contribution in [2.45, 2.75) is 0 Å². The molecule has 0 aliphatic heterocycles. The number of benzene rings is 1. The lowest BCUT2D eigenvalue weighted by atomic mass is 10.1. The first-order valence-corrected chi connectivity index (χ1v) is 5.30. The summed E-state index contributed by atoms with van der Waals surface area (Å²) in [5.74, 6) is 4.16. The molecule has 0 saturated heterocycles. The van der Waals surface area contributed by atoms with Gasteiger partial charge in [0.15, 0.2) is 10.8 Å². The lowest BCUT2D eigenvalue weighted by Gasteiger charge is -1.97. The first kappa shape index (κ1) is 10.6. The monoisotopic (exact) mass is 235 g/mol. The van der Waals surface area contributed by atoms with E-state index in [9.17, 15) is 4.79 Å². The van der Waals surface area contributed by atoms with Gasteiger partial charge in [-0.3, -0.25) is 5.43 Å². The summed E-state index contributed by atoms with van der Waals surface area (Å²) in [6, 6.07) is 9.22. The third-order valence-electron chi connectivity index (χ3n) is 1.99. The third kappa shape index (κ3) is 1.88. The average Bonchev–Trinajstić information content (AvgIpc) is 2.74. The van der Waals surface area contributed by atoms with Crippen LogP contribution in [0.3, 0.4) is 0 Å². The lowest BCUT2D eigenvalue weighted by molar-refractivity contribution is 0.0692. The van der Waals surface area contributed by atoms with Crippen LogP contribution < -0.4 is 11.3 Å². The molecule has 0 radical (unpaired) electrons. The van der Waals surface area contributed by atoms with E-state index in [2.05, 4.69) is 10.4 Å². The molecule has 0 aliphatic rings. The number of nitrogens with zero attached hydrogens (tertiary/aromatic N) is 1. The van der Waals surface area contributed by atoms with Gasteiger partial charge in [-0.2, -0.15) is 0 Å². The SMILES string of the molecule is NNc1nc(C(=O)O)c(-c2ccccc2)s1. The van der Waals surface area contributed by atoms with Crippen LogP contribution in [0.25, 0.3) is 10.4 Å². The van der Waals surface area contributed by atoms with Gasteiger partial charge in [0, 0.05) is 0 Å². The van der Waals surface area contributed by atoms with Gasteiger partial charge in [-0.15, -0.1) is 0 Å². The number of nitrogens with one attached hydrogen (secondary N) is 1. The number of anilines is 1. The minimum atomic E-state index is -1.06. The molecule has 5 nitrogen and oxygen atoms in total. The van der Waals surface area contributed by atoms with Crippen LogP contribution in [-0.2, 0) is 0 Å². The molecular formula is C10H9N3O2S. The molecule has 0 aliphatic carbocycles. The molecule has 0 atom stereocenters. The summed E-state index contributed by atoms with van der Waals surface area (Å²) in [7, 11) is 0. The number of hydrazine groups is 1. The molecule has 4 N–H and O–H groups in total. The van der Waals surface area contributed by atoms with Gasteiger partial charge in [-0.05, 0) is 5.56 Å². The first-order chi connectivity index (χ1) is 7.72. The van der Waals surface area contributed by atoms with Crippen LogP contribution in [-0.4, -0.2) is 16.1 Å². The largest absolute Gasteiger partial charge is 0.476 e. The van der Waals surface area contributed by atoms with Crippen LogP contribution in [0.15, 0.2) is 30.3 Å². The van der Waals surface area contributed by atoms with E-state index in [0.29, 0.717) is 10.0 Å². The highest BCUT2D eigenvalue weighted by Crippen LogP contribution is 2.32. The predicted octanol–water partition coefficient (Wildman–Crippen LogP) is 1.79. The number of hydrogen-bond donors (Lipinski definition) is 3. The molecule has 82 valence electrons. The van der Waals surface area contributed by atoms with Crippen LogP contribution in [0.5, 0.6) is 0 Å². The van der Waals surface area contributed by atoms with Gasteiger partial charge in [0.1, 0.15) is 0 Å². The summed E-state index contributed by atoms with van der Waals surface area (Å²) >= 11 is 1.21. The second-order valence-electron chi connectivity index (χ2n) is 3.01. The van der Waals surface area contributed by atoms with Crippen LogP contribution in [0, 0.1) is 0 Å². The smallest absolute Gasteiger partial charge is 0.356 e. The normalized spacial score (nSPS) is 10.1. The number of carboxylic acids is 1. The number of carbonyl (C=O) groups is 1. The number of rotatable bonds is 3. The van der Waals surface area contributed by atoms with Gasteiger partial charge in [-0.25, -0.2) is 15.6 Å². The van der Waals surface area contributed by atoms with E-state index in [-0.39, 0.29) is 5.69 Å². The van der Waals surface area contributed by atoms with E-state index in [0.717, 1.165) is 5.56 Å². The predicted molar refractivity (Wildman–Crippen MR) is 62.3 cm³/mol. The summed E-state index contributed by atoms with van der Waals surface area (Å²) in [4.78, 5) is 15.5. The molecule has 0 amide bonds. The van der Waals surface area contributed by atoms with E-state index in [1.165, 1.54) is 11.3 Å². The van der Waals surface area contributed by atoms with Gasteiger partial charge in [-0.1, -0.05) is 41.7 Å². The molecular weight excluding hydrogens is 226 g/mol. The van der Waals surface area contributed by atoms with Crippen molar-refractivity contribution >= 4 is 22.4 Å². The average molecular weight is 235 g/mol. The number of nitrogens with two attached hydrogens (primary N) is 1. The Morgan fingerprint density at radius 3 is 2.62 bits per heavy atom. The van der Waals surface area contributed by atoms with Crippen molar-refractivity contribution in [3.05, 3.63) is 36.0 Å². The Kier molecular flexibility index (Phi) is 2.84. The molecule has 6 heteroatoms. The van der Waals surface area contributed by atoms with E-state index in [1.807, 2.05) is 30.3 Å². The molecule has 1 heterocycles. The molecule has 16 heavy (non-hydrogen) atoms. The summed E-state index contributed by atoms with van der Waals surface area (Å²) in [6.07, 6.45) is 0. The fourth-order valence-electron chi connectivity index (χ4n) is 1.31. The molecule has 0 fully saturated rings. The quantitative estimate of drug-likeness (QED) is 0.557. The van der Waals surface area contributed by atoms with Crippen LogP contribution in [0.2, 0.25) is 0 Å². The highest BCUT2D eigenvalue weighted by atomic mass is 32.1. The van der Waals surface area contributed by atoms with Gasteiger partial charge >= 0.3 is 5.97 Å². The van der Waals surface area contributed by atoms with Crippen molar-refractivity contribution in [1.29, 1.82) is 0 Å². The zero-order chi connectivity index (χ0) is 11.5. The standard InChI is InChI=1S/C10H9N3O2S/c11-13-10-12-7(9(14)15)8(16-10)6-4-2-1-3-5-6/h1-5H,11H2,(H,12,13)(H,14,15). The number of nitrogen functional groups attached to an aromatic ring is 1. The summed E-state index contributed by atoms with van der Waals surface area (Å²) < 4.78 is 0. The minimum Gasteiger partial charge on any atom is -0.476 e. The Balaban J connectivity index is 2.55. The Morgan fingerprint density at radius 1 is 1.38 bits per heavy atom. The maximum Gasteiger partial charge on any atom is 0.356 e. The van der Waals surface area contributed by atoms with Gasteiger partial charge in [0.2, 0.25) is 0 Å². The fraction of sp³-hybridized carbons (Fsp3) is 0. The van der Waals surface area contributed by atoms with E-state index >= 15 is 0 Å². The van der Waals surface area contributed by atoms with E-state index in [4.69, 9.17) is 10.9 Å². The first-order valence-electron chi connectivity index (χ1n) is 4.48. The number of thiazole rings is 1. The second-order valence-corrected chi connectivity index (χ2v) is 4.01. The topological polar surface area (TPSA) is 88.2 Å².